The molecule has 0 heteroatoms. The predicted octanol–water partition coefficient (Wildman–Crippen LogP) is 4.01. The highest BCUT2D eigenvalue weighted by atomic mass is 14.3. The van der Waals surface area contributed by atoms with Crippen molar-refractivity contribution >= 4 is 0 Å². The van der Waals surface area contributed by atoms with Crippen LogP contribution in [0.1, 0.15) is 39.7 Å². The maximum atomic E-state index is 2.35. The van der Waals surface area contributed by atoms with Crippen molar-refractivity contribution in [3.05, 3.63) is 35.9 Å². The van der Waals surface area contributed by atoms with E-state index in [1.807, 2.05) is 0 Å². The molecule has 1 rings (SSSR count). The number of hydrogen-bond acceptors (Lipinski definition) is 0. The van der Waals surface area contributed by atoms with E-state index in [0.29, 0.717) is 11.3 Å². The summed E-state index contributed by atoms with van der Waals surface area (Å²) in [5, 5.41) is 0. The molecule has 0 nitrogen and oxygen atoms in total. The summed E-state index contributed by atoms with van der Waals surface area (Å²) in [6, 6.07) is 10.8. The number of hydrogen-bond donors (Lipinski definition) is 0. The third-order valence-electron chi connectivity index (χ3n) is 3.44. The van der Waals surface area contributed by atoms with Crippen molar-refractivity contribution in [1.29, 1.82) is 0 Å². The Bertz CT molecular complexity index is 248. The highest BCUT2D eigenvalue weighted by Crippen LogP contribution is 2.34. The summed E-state index contributed by atoms with van der Waals surface area (Å²) >= 11 is 0. The van der Waals surface area contributed by atoms with Crippen LogP contribution >= 0.6 is 0 Å². The summed E-state index contributed by atoms with van der Waals surface area (Å²) in [5.41, 5.74) is 1.80. The summed E-state index contributed by atoms with van der Waals surface area (Å²) in [6.45, 7) is 9.23. The zero-order valence-electron chi connectivity index (χ0n) is 9.17. The van der Waals surface area contributed by atoms with Crippen molar-refractivity contribution in [3.8, 4) is 0 Å². The van der Waals surface area contributed by atoms with E-state index in [1.54, 1.807) is 0 Å². The van der Waals surface area contributed by atoms with Crippen LogP contribution in [0.2, 0.25) is 0 Å². The molecule has 0 fully saturated rings. The molecule has 0 N–H and O–H groups in total. The van der Waals surface area contributed by atoms with Gasteiger partial charge in [0.1, 0.15) is 0 Å². The monoisotopic (exact) mass is 176 g/mol. The molecular weight excluding hydrogens is 156 g/mol. The van der Waals surface area contributed by atoms with Crippen molar-refractivity contribution in [2.24, 2.45) is 5.92 Å². The van der Waals surface area contributed by atoms with E-state index >= 15 is 0 Å². The van der Waals surface area contributed by atoms with Crippen LogP contribution in [-0.4, -0.2) is 0 Å². The minimum absolute atomic E-state index is 0.335. The van der Waals surface area contributed by atoms with Gasteiger partial charge >= 0.3 is 0 Å². The molecule has 1 aromatic carbocycles. The summed E-state index contributed by atoms with van der Waals surface area (Å²) < 4.78 is 0. The second kappa shape index (κ2) is 3.95. The summed E-state index contributed by atoms with van der Waals surface area (Å²) in [6.07, 6.45) is 1.20. The first kappa shape index (κ1) is 10.3. The molecule has 0 aliphatic rings. The molecule has 0 spiro atoms. The molecule has 0 aliphatic heterocycles. The average Bonchev–Trinajstić information content (AvgIpc) is 2.17. The maximum absolute atomic E-state index is 2.35. The van der Waals surface area contributed by atoms with Crippen LogP contribution in [0, 0.1) is 5.92 Å². The molecule has 0 amide bonds. The third kappa shape index (κ3) is 1.93. The van der Waals surface area contributed by atoms with Gasteiger partial charge in [0.05, 0.1) is 0 Å². The molecule has 72 valence electrons. The van der Waals surface area contributed by atoms with Crippen molar-refractivity contribution in [2.45, 2.75) is 39.5 Å². The van der Waals surface area contributed by atoms with Gasteiger partial charge in [0.25, 0.3) is 0 Å². The minimum Gasteiger partial charge on any atom is -0.0645 e. The smallest absolute Gasteiger partial charge is 0.00549 e. The molecule has 1 aromatic rings. The topological polar surface area (TPSA) is 0 Å². The van der Waals surface area contributed by atoms with Crippen LogP contribution in [0.15, 0.2) is 30.3 Å². The van der Waals surface area contributed by atoms with Gasteiger partial charge < -0.3 is 0 Å². The number of benzene rings is 1. The fraction of sp³-hybridized carbons (Fsp3) is 0.538. The maximum Gasteiger partial charge on any atom is -0.00549 e. The van der Waals surface area contributed by atoms with Crippen molar-refractivity contribution in [3.63, 3.8) is 0 Å². The predicted molar refractivity (Wildman–Crippen MR) is 58.9 cm³/mol. The molecule has 0 aliphatic carbocycles. The average molecular weight is 176 g/mol. The molecule has 0 radical (unpaired) electrons. The van der Waals surface area contributed by atoms with Gasteiger partial charge in [-0.1, -0.05) is 58.0 Å². The molecule has 0 saturated heterocycles. The van der Waals surface area contributed by atoms with Gasteiger partial charge in [-0.25, -0.2) is 0 Å². The van der Waals surface area contributed by atoms with Crippen molar-refractivity contribution in [2.75, 3.05) is 0 Å². The van der Waals surface area contributed by atoms with E-state index in [1.165, 1.54) is 12.0 Å². The first-order valence-corrected chi connectivity index (χ1v) is 5.16. The highest BCUT2D eigenvalue weighted by molar-refractivity contribution is 5.24. The van der Waals surface area contributed by atoms with E-state index in [0.717, 1.165) is 0 Å². The highest BCUT2D eigenvalue weighted by Gasteiger charge is 2.27. The molecule has 0 saturated carbocycles. The Hall–Kier alpha value is -0.780. The van der Waals surface area contributed by atoms with E-state index in [9.17, 15) is 0 Å². The van der Waals surface area contributed by atoms with E-state index in [-0.39, 0.29) is 0 Å². The van der Waals surface area contributed by atoms with Gasteiger partial charge in [0, 0.05) is 0 Å². The lowest BCUT2D eigenvalue weighted by molar-refractivity contribution is 0.326. The summed E-state index contributed by atoms with van der Waals surface area (Å²) in [4.78, 5) is 0. The first-order chi connectivity index (χ1) is 6.11. The molecule has 0 heterocycles. The Morgan fingerprint density at radius 3 is 2.08 bits per heavy atom. The van der Waals surface area contributed by atoms with Crippen LogP contribution < -0.4 is 0 Å². The Balaban J connectivity index is 3.03. The lowest BCUT2D eigenvalue weighted by Crippen LogP contribution is -2.27. The van der Waals surface area contributed by atoms with Gasteiger partial charge in [0.2, 0.25) is 0 Å². The SMILES string of the molecule is CCC(C)(c1ccccc1)C(C)C. The second-order valence-corrected chi connectivity index (χ2v) is 4.29. The molecule has 13 heavy (non-hydrogen) atoms. The Morgan fingerprint density at radius 2 is 1.69 bits per heavy atom. The fourth-order valence-electron chi connectivity index (χ4n) is 1.76. The zero-order valence-corrected chi connectivity index (χ0v) is 9.17. The number of rotatable bonds is 3. The Morgan fingerprint density at radius 1 is 1.15 bits per heavy atom. The summed E-state index contributed by atoms with van der Waals surface area (Å²) in [5.74, 6) is 0.694. The zero-order chi connectivity index (χ0) is 9.90. The fourth-order valence-corrected chi connectivity index (χ4v) is 1.76. The third-order valence-corrected chi connectivity index (χ3v) is 3.44. The largest absolute Gasteiger partial charge is 0.0645 e. The normalized spacial score (nSPS) is 15.8. The van der Waals surface area contributed by atoms with Gasteiger partial charge in [-0.15, -0.1) is 0 Å². The van der Waals surface area contributed by atoms with Crippen LogP contribution in [0.5, 0.6) is 0 Å². The van der Waals surface area contributed by atoms with E-state index < -0.39 is 0 Å². The second-order valence-electron chi connectivity index (χ2n) is 4.29. The molecule has 1 unspecified atom stereocenters. The van der Waals surface area contributed by atoms with Crippen molar-refractivity contribution in [1.82, 2.24) is 0 Å². The van der Waals surface area contributed by atoms with Crippen LogP contribution in [-0.2, 0) is 5.41 Å². The van der Waals surface area contributed by atoms with Gasteiger partial charge in [-0.05, 0) is 23.3 Å². The van der Waals surface area contributed by atoms with Gasteiger partial charge in [-0.2, -0.15) is 0 Å². The van der Waals surface area contributed by atoms with Crippen LogP contribution in [0.3, 0.4) is 0 Å². The molecule has 0 bridgehead atoms. The first-order valence-electron chi connectivity index (χ1n) is 5.16. The minimum atomic E-state index is 0.335. The van der Waals surface area contributed by atoms with E-state index in [2.05, 4.69) is 58.0 Å². The molecular formula is C13H20. The lowest BCUT2D eigenvalue weighted by Gasteiger charge is -2.33. The van der Waals surface area contributed by atoms with Gasteiger partial charge in [-0.3, -0.25) is 0 Å². The van der Waals surface area contributed by atoms with Crippen LogP contribution in [0.25, 0.3) is 0 Å². The van der Waals surface area contributed by atoms with E-state index in [4.69, 9.17) is 0 Å². The quantitative estimate of drug-likeness (QED) is 0.652. The Labute approximate surface area is 82.0 Å². The Kier molecular flexibility index (Phi) is 3.13. The van der Waals surface area contributed by atoms with Crippen molar-refractivity contribution < 1.29 is 0 Å². The van der Waals surface area contributed by atoms with Gasteiger partial charge in [0.15, 0.2) is 0 Å². The lowest BCUT2D eigenvalue weighted by atomic mass is 9.71. The molecule has 0 aromatic heterocycles. The van der Waals surface area contributed by atoms with Crippen LogP contribution in [0.4, 0.5) is 0 Å². The summed E-state index contributed by atoms with van der Waals surface area (Å²) in [7, 11) is 0. The molecule has 1 atom stereocenters. The standard InChI is InChI=1S/C13H20/c1-5-13(4,11(2)3)12-9-7-6-8-10-12/h6-11H,5H2,1-4H3.